The Morgan fingerprint density at radius 1 is 0.971 bits per heavy atom. The molecule has 1 aliphatic carbocycles. The molecule has 8 nitrogen and oxygen atoms in total. The van der Waals surface area contributed by atoms with Gasteiger partial charge in [-0.25, -0.2) is 0 Å². The van der Waals surface area contributed by atoms with Crippen LogP contribution in [0.15, 0.2) is 24.5 Å². The predicted molar refractivity (Wildman–Crippen MR) is 127 cm³/mol. The summed E-state index contributed by atoms with van der Waals surface area (Å²) in [6.07, 6.45) is 8.52. The highest BCUT2D eigenvalue weighted by Gasteiger charge is 2.43. The summed E-state index contributed by atoms with van der Waals surface area (Å²) in [5, 5.41) is 20.8. The fourth-order valence-electron chi connectivity index (χ4n) is 5.36. The van der Waals surface area contributed by atoms with E-state index in [4.69, 9.17) is 4.74 Å². The number of esters is 1. The summed E-state index contributed by atoms with van der Waals surface area (Å²) in [6.45, 7) is 3.29. The minimum atomic E-state index is -1.14. The maximum Gasteiger partial charge on any atom is 0.312 e. The summed E-state index contributed by atoms with van der Waals surface area (Å²) in [5.41, 5.74) is 0.632. The number of pyridine rings is 1. The van der Waals surface area contributed by atoms with Gasteiger partial charge in [0, 0.05) is 37.9 Å². The third-order valence-corrected chi connectivity index (χ3v) is 8.03. The number of hydrogen-bond donors (Lipinski definition) is 2. The van der Waals surface area contributed by atoms with Crippen molar-refractivity contribution in [3.8, 4) is 0 Å². The highest BCUT2D eigenvalue weighted by molar-refractivity contribution is 5.79. The molecule has 2 atom stereocenters. The SMILES string of the molecule is O=C(C1CCC1)N1CCCCC2(CCN(Cc3ccncc3)CC2)C(=O)OC[C@@H](O)[C@@H](O)CC1. The molecule has 8 heteroatoms. The number of ether oxygens (including phenoxy) is 1. The lowest BCUT2D eigenvalue weighted by atomic mass is 9.74. The number of likely N-dealkylation sites (tertiary alicyclic amines) is 1. The van der Waals surface area contributed by atoms with E-state index in [2.05, 4.69) is 9.88 Å². The Hall–Kier alpha value is -2.03. The molecule has 1 aromatic rings. The summed E-state index contributed by atoms with van der Waals surface area (Å²) in [7, 11) is 0. The van der Waals surface area contributed by atoms with E-state index in [-0.39, 0.29) is 30.8 Å². The number of amides is 1. The zero-order valence-electron chi connectivity index (χ0n) is 20.1. The number of hydrogen-bond acceptors (Lipinski definition) is 7. The number of piperidine rings is 1. The molecule has 1 amide bonds. The second kappa shape index (κ2) is 11.6. The van der Waals surface area contributed by atoms with Crippen molar-refractivity contribution < 1.29 is 24.5 Å². The van der Waals surface area contributed by atoms with Crippen LogP contribution in [0.2, 0.25) is 0 Å². The Balaban J connectivity index is 1.40. The standard InChI is InChI=1S/C26H39N3O5/c30-22-8-15-29(24(32)21-4-3-5-21)14-2-1-9-26(25(33)34-19-23(22)31)10-16-28(17-11-26)18-20-6-12-27-13-7-20/h6-7,12-13,21-23,30-31H,1-5,8-11,14-19H2/t22-,23+/m0/s1. The van der Waals surface area contributed by atoms with Crippen LogP contribution < -0.4 is 0 Å². The lowest BCUT2D eigenvalue weighted by molar-refractivity contribution is -0.165. The molecule has 188 valence electrons. The van der Waals surface area contributed by atoms with Crippen molar-refractivity contribution in [3.05, 3.63) is 30.1 Å². The van der Waals surface area contributed by atoms with E-state index in [1.54, 1.807) is 12.4 Å². The van der Waals surface area contributed by atoms with Crippen LogP contribution in [0.3, 0.4) is 0 Å². The predicted octanol–water partition coefficient (Wildman–Crippen LogP) is 2.13. The number of carbonyl (C=O) groups excluding carboxylic acids is 2. The lowest BCUT2D eigenvalue weighted by Gasteiger charge is -2.40. The monoisotopic (exact) mass is 473 g/mol. The normalized spacial score (nSPS) is 27.7. The minimum Gasteiger partial charge on any atom is -0.462 e. The van der Waals surface area contributed by atoms with Crippen molar-refractivity contribution in [2.24, 2.45) is 11.3 Å². The Kier molecular flexibility index (Phi) is 8.55. The van der Waals surface area contributed by atoms with Crippen molar-refractivity contribution in [1.29, 1.82) is 0 Å². The number of aromatic nitrogens is 1. The molecule has 0 radical (unpaired) electrons. The van der Waals surface area contributed by atoms with Crippen LogP contribution >= 0.6 is 0 Å². The van der Waals surface area contributed by atoms with Crippen molar-refractivity contribution in [2.45, 2.75) is 76.5 Å². The van der Waals surface area contributed by atoms with Gasteiger partial charge in [0.05, 0.1) is 11.5 Å². The highest BCUT2D eigenvalue weighted by atomic mass is 16.5. The Morgan fingerprint density at radius 2 is 1.71 bits per heavy atom. The molecule has 1 aromatic heterocycles. The number of nitrogens with zero attached hydrogens (tertiary/aromatic N) is 3. The van der Waals surface area contributed by atoms with Crippen molar-refractivity contribution in [1.82, 2.24) is 14.8 Å². The molecule has 2 saturated heterocycles. The summed E-state index contributed by atoms with van der Waals surface area (Å²) < 4.78 is 5.57. The topological polar surface area (TPSA) is 103 Å². The van der Waals surface area contributed by atoms with Crippen LogP contribution in [-0.4, -0.2) is 81.9 Å². The first-order valence-electron chi connectivity index (χ1n) is 12.9. The summed E-state index contributed by atoms with van der Waals surface area (Å²) in [5.74, 6) is 0.0250. The van der Waals surface area contributed by atoms with Gasteiger partial charge in [0.15, 0.2) is 0 Å². The number of cyclic esters (lactones) is 1. The van der Waals surface area contributed by atoms with Gasteiger partial charge in [0.2, 0.25) is 5.91 Å². The van der Waals surface area contributed by atoms with Gasteiger partial charge in [0.1, 0.15) is 12.7 Å². The number of aliphatic hydroxyl groups is 2. The van der Waals surface area contributed by atoms with Gasteiger partial charge in [-0.3, -0.25) is 19.5 Å². The smallest absolute Gasteiger partial charge is 0.312 e. The van der Waals surface area contributed by atoms with Gasteiger partial charge in [-0.2, -0.15) is 0 Å². The maximum absolute atomic E-state index is 13.2. The van der Waals surface area contributed by atoms with E-state index < -0.39 is 17.6 Å². The van der Waals surface area contributed by atoms with Gasteiger partial charge < -0.3 is 19.8 Å². The number of rotatable bonds is 3. The minimum absolute atomic E-state index is 0.110. The first-order valence-corrected chi connectivity index (χ1v) is 12.9. The molecule has 3 aliphatic rings. The number of aliphatic hydroxyl groups excluding tert-OH is 2. The Bertz CT molecular complexity index is 808. The average Bonchev–Trinajstić information content (AvgIpc) is 2.82. The second-order valence-corrected chi connectivity index (χ2v) is 10.3. The van der Waals surface area contributed by atoms with Gasteiger partial charge in [-0.05, 0) is 75.7 Å². The molecule has 1 saturated carbocycles. The van der Waals surface area contributed by atoms with Crippen molar-refractivity contribution in [3.63, 3.8) is 0 Å². The third-order valence-electron chi connectivity index (χ3n) is 8.03. The molecule has 2 aliphatic heterocycles. The Morgan fingerprint density at radius 3 is 2.38 bits per heavy atom. The first kappa shape index (κ1) is 25.1. The van der Waals surface area contributed by atoms with E-state index in [1.807, 2.05) is 17.0 Å². The molecule has 3 heterocycles. The van der Waals surface area contributed by atoms with Crippen molar-refractivity contribution >= 4 is 11.9 Å². The Labute approximate surface area is 202 Å². The van der Waals surface area contributed by atoms with Crippen LogP contribution in [0.1, 0.15) is 63.4 Å². The van der Waals surface area contributed by atoms with E-state index in [9.17, 15) is 19.8 Å². The highest BCUT2D eigenvalue weighted by Crippen LogP contribution is 2.39. The summed E-state index contributed by atoms with van der Waals surface area (Å²) in [4.78, 5) is 34.4. The van der Waals surface area contributed by atoms with E-state index in [0.717, 1.165) is 58.2 Å². The van der Waals surface area contributed by atoms with Gasteiger partial charge in [-0.1, -0.05) is 12.8 Å². The van der Waals surface area contributed by atoms with Gasteiger partial charge >= 0.3 is 5.97 Å². The molecule has 34 heavy (non-hydrogen) atoms. The summed E-state index contributed by atoms with van der Waals surface area (Å²) in [6, 6.07) is 4.03. The summed E-state index contributed by atoms with van der Waals surface area (Å²) >= 11 is 0. The molecule has 3 fully saturated rings. The van der Waals surface area contributed by atoms with Crippen LogP contribution in [0.5, 0.6) is 0 Å². The molecular formula is C26H39N3O5. The van der Waals surface area contributed by atoms with Crippen LogP contribution in [-0.2, 0) is 20.9 Å². The molecule has 0 unspecified atom stereocenters. The largest absolute Gasteiger partial charge is 0.462 e. The van der Waals surface area contributed by atoms with Crippen molar-refractivity contribution in [2.75, 3.05) is 32.8 Å². The van der Waals surface area contributed by atoms with Crippen LogP contribution in [0.25, 0.3) is 0 Å². The zero-order chi connectivity index (χ0) is 24.0. The second-order valence-electron chi connectivity index (χ2n) is 10.3. The molecule has 0 aromatic carbocycles. The van der Waals surface area contributed by atoms with E-state index in [0.29, 0.717) is 25.9 Å². The lowest BCUT2D eigenvalue weighted by Crippen LogP contribution is -2.45. The molecule has 4 rings (SSSR count). The molecule has 0 bridgehead atoms. The molecule has 2 N–H and O–H groups in total. The quantitative estimate of drug-likeness (QED) is 0.648. The number of carbonyl (C=O) groups is 2. The van der Waals surface area contributed by atoms with Gasteiger partial charge in [-0.15, -0.1) is 0 Å². The van der Waals surface area contributed by atoms with E-state index in [1.165, 1.54) is 5.56 Å². The van der Waals surface area contributed by atoms with Crippen LogP contribution in [0.4, 0.5) is 0 Å². The van der Waals surface area contributed by atoms with E-state index >= 15 is 0 Å². The zero-order valence-corrected chi connectivity index (χ0v) is 20.1. The fraction of sp³-hybridized carbons (Fsp3) is 0.731. The average molecular weight is 474 g/mol. The molecule has 1 spiro atoms. The first-order chi connectivity index (χ1) is 16.5. The van der Waals surface area contributed by atoms with Crippen LogP contribution in [0, 0.1) is 11.3 Å². The fourth-order valence-corrected chi connectivity index (χ4v) is 5.36. The van der Waals surface area contributed by atoms with Gasteiger partial charge in [0.25, 0.3) is 0 Å². The molecular weight excluding hydrogens is 434 g/mol. The maximum atomic E-state index is 13.2. The third kappa shape index (κ3) is 6.15.